The average Bonchev–Trinajstić information content (AvgIpc) is 2.69. The van der Waals surface area contributed by atoms with Gasteiger partial charge in [0.25, 0.3) is 0 Å². The topological polar surface area (TPSA) is 64.0 Å². The summed E-state index contributed by atoms with van der Waals surface area (Å²) in [6.45, 7) is 4.83. The van der Waals surface area contributed by atoms with Crippen LogP contribution in [0, 0.1) is 0 Å². The van der Waals surface area contributed by atoms with Crippen LogP contribution in [-0.4, -0.2) is 58.9 Å². The largest absolute Gasteiger partial charge is 0.389 e. The number of amides is 1. The van der Waals surface area contributed by atoms with Crippen molar-refractivity contribution in [3.8, 4) is 0 Å². The Morgan fingerprint density at radius 2 is 1.80 bits per heavy atom. The van der Waals surface area contributed by atoms with E-state index in [1.165, 1.54) is 0 Å². The van der Waals surface area contributed by atoms with E-state index in [1.807, 2.05) is 44.2 Å². The van der Waals surface area contributed by atoms with Crippen LogP contribution in [0.25, 0.3) is 0 Å². The second kappa shape index (κ2) is 6.35. The van der Waals surface area contributed by atoms with Gasteiger partial charge in [0.15, 0.2) is 0 Å². The number of carbonyl (C=O) groups excluding carboxylic acids is 1. The van der Waals surface area contributed by atoms with Gasteiger partial charge in [-0.25, -0.2) is 0 Å². The van der Waals surface area contributed by atoms with Crippen LogP contribution >= 0.6 is 0 Å². The van der Waals surface area contributed by atoms with Gasteiger partial charge < -0.3 is 15.1 Å². The van der Waals surface area contributed by atoms with Crippen molar-refractivity contribution in [2.45, 2.75) is 32.1 Å². The number of para-hydroxylation sites is 1. The highest BCUT2D eigenvalue weighted by molar-refractivity contribution is 5.95. The monoisotopic (exact) mass is 278 g/mol. The van der Waals surface area contributed by atoms with Gasteiger partial charge in [0.1, 0.15) is 0 Å². The molecule has 0 saturated carbocycles. The van der Waals surface area contributed by atoms with Crippen LogP contribution in [0.15, 0.2) is 30.3 Å². The van der Waals surface area contributed by atoms with Crippen LogP contribution in [0.4, 0.5) is 5.69 Å². The van der Waals surface area contributed by atoms with E-state index >= 15 is 0 Å². The molecule has 0 aromatic heterocycles. The van der Waals surface area contributed by atoms with Gasteiger partial charge >= 0.3 is 0 Å². The predicted molar refractivity (Wildman–Crippen MR) is 77.5 cm³/mol. The average molecular weight is 278 g/mol. The summed E-state index contributed by atoms with van der Waals surface area (Å²) in [7, 11) is 0. The number of carbonyl (C=O) groups is 1. The first-order valence-corrected chi connectivity index (χ1v) is 6.94. The molecule has 0 aliphatic carbocycles. The van der Waals surface area contributed by atoms with Crippen molar-refractivity contribution in [2.75, 3.05) is 24.5 Å². The molecule has 0 spiro atoms. The summed E-state index contributed by atoms with van der Waals surface area (Å²) in [6.07, 6.45) is -1.51. The molecule has 2 N–H and O–H groups in total. The number of anilines is 1. The van der Waals surface area contributed by atoms with Gasteiger partial charge in [-0.3, -0.25) is 9.69 Å². The van der Waals surface area contributed by atoms with Gasteiger partial charge in [-0.15, -0.1) is 0 Å². The number of benzene rings is 1. The molecule has 20 heavy (non-hydrogen) atoms. The van der Waals surface area contributed by atoms with Crippen molar-refractivity contribution in [2.24, 2.45) is 0 Å². The lowest BCUT2D eigenvalue weighted by molar-refractivity contribution is -0.120. The Balaban J connectivity index is 2.05. The highest BCUT2D eigenvalue weighted by Crippen LogP contribution is 2.18. The smallest absolute Gasteiger partial charge is 0.241 e. The Kier molecular flexibility index (Phi) is 4.75. The van der Waals surface area contributed by atoms with Gasteiger partial charge in [-0.1, -0.05) is 18.2 Å². The number of likely N-dealkylation sites (tertiary alicyclic amines) is 1. The zero-order valence-electron chi connectivity index (χ0n) is 11.9. The normalized spacial score (nSPS) is 23.2. The number of aliphatic hydroxyl groups excluding tert-OH is 2. The van der Waals surface area contributed by atoms with Crippen LogP contribution < -0.4 is 4.90 Å². The second-order valence-corrected chi connectivity index (χ2v) is 5.52. The fourth-order valence-electron chi connectivity index (χ4n) is 2.56. The number of hydrogen-bond donors (Lipinski definition) is 2. The molecule has 0 unspecified atom stereocenters. The standard InChI is InChI=1S/C15H22N2O3/c1-11(2)17(12-6-4-3-5-7-12)15(20)10-16-8-13(18)14(19)9-16/h3-7,11,13-14,18-19H,8-10H2,1-2H3/t13-,14+. The third-order valence-corrected chi connectivity index (χ3v) is 3.51. The molecule has 0 bridgehead atoms. The number of nitrogens with zero attached hydrogens (tertiary/aromatic N) is 2. The van der Waals surface area contributed by atoms with E-state index in [0.29, 0.717) is 13.1 Å². The lowest BCUT2D eigenvalue weighted by Crippen LogP contribution is -2.43. The van der Waals surface area contributed by atoms with Gasteiger partial charge in [0.05, 0.1) is 18.8 Å². The number of hydrogen-bond acceptors (Lipinski definition) is 4. The van der Waals surface area contributed by atoms with Crippen LogP contribution in [-0.2, 0) is 4.79 Å². The van der Waals surface area contributed by atoms with E-state index in [4.69, 9.17) is 0 Å². The molecular weight excluding hydrogens is 256 g/mol. The molecule has 1 heterocycles. The van der Waals surface area contributed by atoms with Crippen LogP contribution in [0.2, 0.25) is 0 Å². The summed E-state index contributed by atoms with van der Waals surface area (Å²) in [5, 5.41) is 19.1. The molecule has 1 fully saturated rings. The molecule has 2 rings (SSSR count). The fourth-order valence-corrected chi connectivity index (χ4v) is 2.56. The number of β-amino-alcohol motifs (C(OH)–C–C–N with tert-alkyl or cyclic N) is 2. The van der Waals surface area contributed by atoms with Crippen LogP contribution in [0.5, 0.6) is 0 Å². The quantitative estimate of drug-likeness (QED) is 0.840. The van der Waals surface area contributed by atoms with E-state index in [9.17, 15) is 15.0 Å². The summed E-state index contributed by atoms with van der Waals surface area (Å²) in [6, 6.07) is 9.60. The lowest BCUT2D eigenvalue weighted by Gasteiger charge is -2.28. The first kappa shape index (κ1) is 15.0. The summed E-state index contributed by atoms with van der Waals surface area (Å²) in [5.41, 5.74) is 0.868. The Labute approximate surface area is 119 Å². The van der Waals surface area contributed by atoms with Crippen molar-refractivity contribution in [1.82, 2.24) is 4.90 Å². The minimum atomic E-state index is -0.757. The van der Waals surface area contributed by atoms with E-state index in [1.54, 1.807) is 9.80 Å². The molecule has 1 amide bonds. The Morgan fingerprint density at radius 3 is 2.30 bits per heavy atom. The molecular formula is C15H22N2O3. The zero-order chi connectivity index (χ0) is 14.7. The van der Waals surface area contributed by atoms with Gasteiger partial charge in [0.2, 0.25) is 5.91 Å². The predicted octanol–water partition coefficient (Wildman–Crippen LogP) is 0.465. The van der Waals surface area contributed by atoms with Gasteiger partial charge in [-0.05, 0) is 26.0 Å². The van der Waals surface area contributed by atoms with E-state index in [-0.39, 0.29) is 18.5 Å². The minimum Gasteiger partial charge on any atom is -0.389 e. The maximum absolute atomic E-state index is 12.5. The summed E-state index contributed by atoms with van der Waals surface area (Å²) in [5.74, 6) is -0.0208. The Bertz CT molecular complexity index is 440. The molecule has 1 aromatic carbocycles. The number of rotatable bonds is 4. The van der Waals surface area contributed by atoms with Crippen molar-refractivity contribution in [3.05, 3.63) is 30.3 Å². The lowest BCUT2D eigenvalue weighted by atomic mass is 10.2. The molecule has 5 heteroatoms. The van der Waals surface area contributed by atoms with Crippen LogP contribution in [0.3, 0.4) is 0 Å². The molecule has 2 atom stereocenters. The molecule has 5 nitrogen and oxygen atoms in total. The maximum Gasteiger partial charge on any atom is 0.241 e. The highest BCUT2D eigenvalue weighted by atomic mass is 16.3. The van der Waals surface area contributed by atoms with Crippen LogP contribution in [0.1, 0.15) is 13.8 Å². The third-order valence-electron chi connectivity index (χ3n) is 3.51. The molecule has 1 saturated heterocycles. The molecule has 1 aromatic rings. The minimum absolute atomic E-state index is 0.0208. The molecule has 0 radical (unpaired) electrons. The van der Waals surface area contributed by atoms with Crippen molar-refractivity contribution in [3.63, 3.8) is 0 Å². The van der Waals surface area contributed by atoms with Gasteiger partial charge in [0, 0.05) is 24.8 Å². The fraction of sp³-hybridized carbons (Fsp3) is 0.533. The summed E-state index contributed by atoms with van der Waals surface area (Å²) < 4.78 is 0. The first-order chi connectivity index (χ1) is 9.49. The second-order valence-electron chi connectivity index (χ2n) is 5.52. The van der Waals surface area contributed by atoms with Gasteiger partial charge in [-0.2, -0.15) is 0 Å². The summed E-state index contributed by atoms with van der Waals surface area (Å²) >= 11 is 0. The highest BCUT2D eigenvalue weighted by Gasteiger charge is 2.32. The van der Waals surface area contributed by atoms with E-state index in [2.05, 4.69) is 0 Å². The molecule has 1 aliphatic rings. The molecule has 1 aliphatic heterocycles. The summed E-state index contributed by atoms with van der Waals surface area (Å²) in [4.78, 5) is 16.0. The number of aliphatic hydroxyl groups is 2. The van der Waals surface area contributed by atoms with Crippen molar-refractivity contribution in [1.29, 1.82) is 0 Å². The zero-order valence-corrected chi connectivity index (χ0v) is 11.9. The van der Waals surface area contributed by atoms with Crippen molar-refractivity contribution < 1.29 is 15.0 Å². The molecule has 110 valence electrons. The maximum atomic E-state index is 12.5. The third kappa shape index (κ3) is 3.36. The van der Waals surface area contributed by atoms with Crippen molar-refractivity contribution >= 4 is 11.6 Å². The Morgan fingerprint density at radius 1 is 1.25 bits per heavy atom. The van der Waals surface area contributed by atoms with E-state index in [0.717, 1.165) is 5.69 Å². The van der Waals surface area contributed by atoms with E-state index < -0.39 is 12.2 Å². The Hall–Kier alpha value is -1.43. The SMILES string of the molecule is CC(C)N(C(=O)CN1C[C@@H](O)[C@@H](O)C1)c1ccccc1. The first-order valence-electron chi connectivity index (χ1n) is 6.94.